The number of nitriles is 1. The summed E-state index contributed by atoms with van der Waals surface area (Å²) in [6.07, 6.45) is 5.64. The summed E-state index contributed by atoms with van der Waals surface area (Å²) in [7, 11) is 1.65. The number of hydrogen-bond acceptors (Lipinski definition) is 5. The standard InChI is InChI=1S/C21H29N3O4/c1-14-9-17(16(3)24(14)15(2)12-27-4)10-18(11-22)21(26)28-13-20(25)23-19-7-5-6-8-19/h9-10,15,19H,5-8,12-13H2,1-4H3,(H,23,25)/b18-10+/t15-/m1/s1. The van der Waals surface area contributed by atoms with Gasteiger partial charge in [0.05, 0.1) is 12.6 Å². The third kappa shape index (κ3) is 5.46. The molecule has 0 aliphatic heterocycles. The van der Waals surface area contributed by atoms with Crippen LogP contribution in [0.4, 0.5) is 0 Å². The van der Waals surface area contributed by atoms with Crippen molar-refractivity contribution in [3.05, 3.63) is 28.6 Å². The van der Waals surface area contributed by atoms with Gasteiger partial charge in [-0.2, -0.15) is 5.26 Å². The first-order valence-corrected chi connectivity index (χ1v) is 9.63. The molecule has 1 fully saturated rings. The molecule has 1 aliphatic carbocycles. The summed E-state index contributed by atoms with van der Waals surface area (Å²) in [6.45, 7) is 6.12. The average Bonchev–Trinajstić information content (AvgIpc) is 3.25. The Balaban J connectivity index is 2.04. The molecule has 28 heavy (non-hydrogen) atoms. The highest BCUT2D eigenvalue weighted by molar-refractivity contribution is 5.99. The van der Waals surface area contributed by atoms with Crippen molar-refractivity contribution in [1.29, 1.82) is 5.26 Å². The van der Waals surface area contributed by atoms with Crippen molar-refractivity contribution in [1.82, 2.24) is 9.88 Å². The molecule has 1 atom stereocenters. The topological polar surface area (TPSA) is 93.3 Å². The van der Waals surface area contributed by atoms with E-state index in [-0.39, 0.29) is 30.2 Å². The maximum absolute atomic E-state index is 12.2. The van der Waals surface area contributed by atoms with Crippen molar-refractivity contribution < 1.29 is 19.1 Å². The van der Waals surface area contributed by atoms with Crippen LogP contribution >= 0.6 is 0 Å². The summed E-state index contributed by atoms with van der Waals surface area (Å²) in [6, 6.07) is 4.09. The van der Waals surface area contributed by atoms with Crippen molar-refractivity contribution in [2.45, 2.75) is 58.5 Å². The second-order valence-electron chi connectivity index (χ2n) is 7.30. The molecule has 0 radical (unpaired) electrons. The average molecular weight is 387 g/mol. The number of aryl methyl sites for hydroxylation is 1. The number of nitrogens with one attached hydrogen (secondary N) is 1. The molecule has 1 aromatic heterocycles. The van der Waals surface area contributed by atoms with Crippen LogP contribution in [0.15, 0.2) is 11.6 Å². The van der Waals surface area contributed by atoms with Crippen LogP contribution in [-0.4, -0.2) is 42.8 Å². The Hall–Kier alpha value is -2.59. The van der Waals surface area contributed by atoms with E-state index in [4.69, 9.17) is 9.47 Å². The van der Waals surface area contributed by atoms with E-state index in [1.54, 1.807) is 7.11 Å². The van der Waals surface area contributed by atoms with Crippen molar-refractivity contribution in [3.8, 4) is 6.07 Å². The molecule has 1 saturated carbocycles. The number of nitrogens with zero attached hydrogens (tertiary/aromatic N) is 2. The molecule has 0 bridgehead atoms. The highest BCUT2D eigenvalue weighted by Gasteiger charge is 2.20. The number of aromatic nitrogens is 1. The molecule has 1 amide bonds. The molecule has 1 aromatic rings. The van der Waals surface area contributed by atoms with Gasteiger partial charge in [-0.3, -0.25) is 4.79 Å². The molecule has 1 N–H and O–H groups in total. The Morgan fingerprint density at radius 3 is 2.68 bits per heavy atom. The molecule has 152 valence electrons. The summed E-state index contributed by atoms with van der Waals surface area (Å²) >= 11 is 0. The fraction of sp³-hybridized carbons (Fsp3) is 0.571. The molecular weight excluding hydrogens is 358 g/mol. The largest absolute Gasteiger partial charge is 0.451 e. The van der Waals surface area contributed by atoms with Crippen LogP contribution in [-0.2, 0) is 19.1 Å². The zero-order chi connectivity index (χ0) is 20.7. The number of ether oxygens (including phenoxy) is 2. The van der Waals surface area contributed by atoms with Crippen molar-refractivity contribution in [3.63, 3.8) is 0 Å². The van der Waals surface area contributed by atoms with Gasteiger partial charge in [-0.05, 0) is 51.3 Å². The molecular formula is C21H29N3O4. The van der Waals surface area contributed by atoms with Gasteiger partial charge in [-0.15, -0.1) is 0 Å². The maximum Gasteiger partial charge on any atom is 0.349 e. The first kappa shape index (κ1) is 21.7. The number of esters is 1. The fourth-order valence-electron chi connectivity index (χ4n) is 3.78. The third-order valence-corrected chi connectivity index (χ3v) is 5.07. The number of carbonyl (C=O) groups is 2. The van der Waals surface area contributed by atoms with Crippen LogP contribution in [0.5, 0.6) is 0 Å². The van der Waals surface area contributed by atoms with Crippen molar-refractivity contribution >= 4 is 18.0 Å². The normalized spacial score (nSPS) is 15.9. The van der Waals surface area contributed by atoms with E-state index < -0.39 is 5.97 Å². The van der Waals surface area contributed by atoms with Gasteiger partial charge < -0.3 is 19.4 Å². The lowest BCUT2D eigenvalue weighted by atomic mass is 10.1. The van der Waals surface area contributed by atoms with Gasteiger partial charge in [-0.25, -0.2) is 4.79 Å². The second kappa shape index (κ2) is 10.1. The number of methoxy groups -OCH3 is 1. The maximum atomic E-state index is 12.2. The molecule has 0 saturated heterocycles. The van der Waals surface area contributed by atoms with E-state index in [0.717, 1.165) is 42.6 Å². The lowest BCUT2D eigenvalue weighted by Gasteiger charge is -2.17. The van der Waals surface area contributed by atoms with E-state index in [1.807, 2.05) is 32.9 Å². The third-order valence-electron chi connectivity index (χ3n) is 5.07. The lowest BCUT2D eigenvalue weighted by Crippen LogP contribution is -2.36. The highest BCUT2D eigenvalue weighted by atomic mass is 16.5. The van der Waals surface area contributed by atoms with E-state index >= 15 is 0 Å². The van der Waals surface area contributed by atoms with E-state index in [1.165, 1.54) is 6.08 Å². The molecule has 2 rings (SSSR count). The fourth-order valence-corrected chi connectivity index (χ4v) is 3.78. The Kier molecular flexibility index (Phi) is 7.82. The quantitative estimate of drug-likeness (QED) is 0.421. The monoisotopic (exact) mass is 387 g/mol. The zero-order valence-corrected chi connectivity index (χ0v) is 17.1. The van der Waals surface area contributed by atoms with Gasteiger partial charge in [0.15, 0.2) is 6.61 Å². The van der Waals surface area contributed by atoms with Crippen molar-refractivity contribution in [2.24, 2.45) is 0 Å². The van der Waals surface area contributed by atoms with E-state index in [9.17, 15) is 14.9 Å². The molecule has 7 nitrogen and oxygen atoms in total. The van der Waals surface area contributed by atoms with E-state index in [0.29, 0.717) is 6.61 Å². The molecule has 0 spiro atoms. The lowest BCUT2D eigenvalue weighted by molar-refractivity contribution is -0.144. The van der Waals surface area contributed by atoms with Crippen LogP contribution in [0.1, 0.15) is 55.6 Å². The minimum atomic E-state index is -0.793. The van der Waals surface area contributed by atoms with Crippen LogP contribution in [0.2, 0.25) is 0 Å². The van der Waals surface area contributed by atoms with Gasteiger partial charge in [0.2, 0.25) is 0 Å². The molecule has 0 unspecified atom stereocenters. The van der Waals surface area contributed by atoms with Gasteiger partial charge >= 0.3 is 5.97 Å². The highest BCUT2D eigenvalue weighted by Crippen LogP contribution is 2.23. The number of amides is 1. The zero-order valence-electron chi connectivity index (χ0n) is 17.1. The summed E-state index contributed by atoms with van der Waals surface area (Å²) in [5.41, 5.74) is 2.58. The summed E-state index contributed by atoms with van der Waals surface area (Å²) in [4.78, 5) is 24.1. The molecule has 1 heterocycles. The van der Waals surface area contributed by atoms with Gasteiger partial charge in [0.25, 0.3) is 5.91 Å². The number of hydrogen-bond donors (Lipinski definition) is 1. The summed E-state index contributed by atoms with van der Waals surface area (Å²) < 4.78 is 12.4. The predicted octanol–water partition coefficient (Wildman–Crippen LogP) is 2.82. The smallest absolute Gasteiger partial charge is 0.349 e. The van der Waals surface area contributed by atoms with Gasteiger partial charge in [-0.1, -0.05) is 12.8 Å². The minimum Gasteiger partial charge on any atom is -0.451 e. The minimum absolute atomic E-state index is 0.129. The Bertz CT molecular complexity index is 782. The molecule has 7 heteroatoms. The number of rotatable bonds is 8. The first-order chi connectivity index (χ1) is 13.4. The first-order valence-electron chi connectivity index (χ1n) is 9.63. The van der Waals surface area contributed by atoms with Crippen LogP contribution in [0.3, 0.4) is 0 Å². The SMILES string of the molecule is COC[C@@H](C)n1c(C)cc(/C=C(\C#N)C(=O)OCC(=O)NC2CCCC2)c1C. The Morgan fingerprint density at radius 2 is 2.07 bits per heavy atom. The van der Waals surface area contributed by atoms with Gasteiger partial charge in [0, 0.05) is 24.5 Å². The van der Waals surface area contributed by atoms with Crippen molar-refractivity contribution in [2.75, 3.05) is 20.3 Å². The van der Waals surface area contributed by atoms with Crippen LogP contribution < -0.4 is 5.32 Å². The van der Waals surface area contributed by atoms with Crippen LogP contribution in [0, 0.1) is 25.2 Å². The predicted molar refractivity (Wildman–Crippen MR) is 105 cm³/mol. The summed E-state index contributed by atoms with van der Waals surface area (Å²) in [5.74, 6) is -1.12. The second-order valence-corrected chi connectivity index (χ2v) is 7.30. The Morgan fingerprint density at radius 1 is 1.39 bits per heavy atom. The van der Waals surface area contributed by atoms with Crippen LogP contribution in [0.25, 0.3) is 6.08 Å². The molecule has 0 aromatic carbocycles. The molecule has 1 aliphatic rings. The van der Waals surface area contributed by atoms with E-state index in [2.05, 4.69) is 9.88 Å². The van der Waals surface area contributed by atoms with Gasteiger partial charge in [0.1, 0.15) is 11.6 Å². The summed E-state index contributed by atoms with van der Waals surface area (Å²) in [5, 5.41) is 12.2. The Labute approximate surface area is 166 Å². The number of carbonyl (C=O) groups excluding carboxylic acids is 2.